The van der Waals surface area contributed by atoms with E-state index >= 15 is 0 Å². The molecule has 0 aromatic rings. The molecule has 0 aromatic carbocycles. The molecule has 1 unspecified atom stereocenters. The van der Waals surface area contributed by atoms with Crippen molar-refractivity contribution in [3.63, 3.8) is 0 Å². The van der Waals surface area contributed by atoms with Gasteiger partial charge >= 0.3 is 0 Å². The number of nitrogens with one attached hydrogen (secondary N) is 2. The van der Waals surface area contributed by atoms with Gasteiger partial charge in [0.2, 0.25) is 0 Å². The van der Waals surface area contributed by atoms with Crippen LogP contribution in [-0.4, -0.2) is 26.2 Å². The van der Waals surface area contributed by atoms with E-state index in [0.717, 1.165) is 12.5 Å². The zero-order valence-corrected chi connectivity index (χ0v) is 9.81. The third-order valence-corrected chi connectivity index (χ3v) is 3.27. The maximum Gasteiger partial charge on any atom is 0.0164 e. The SMILES string of the molecule is CNCC(C)NCCCC1CCCC1. The molecular weight excluding hydrogens is 172 g/mol. The van der Waals surface area contributed by atoms with Crippen molar-refractivity contribution in [2.45, 2.75) is 51.5 Å². The van der Waals surface area contributed by atoms with E-state index in [2.05, 4.69) is 17.6 Å². The first kappa shape index (κ1) is 12.0. The van der Waals surface area contributed by atoms with Crippen molar-refractivity contribution in [1.29, 1.82) is 0 Å². The van der Waals surface area contributed by atoms with Crippen molar-refractivity contribution in [2.24, 2.45) is 5.92 Å². The number of likely N-dealkylation sites (N-methyl/N-ethyl adjacent to an activating group) is 1. The van der Waals surface area contributed by atoms with E-state index < -0.39 is 0 Å². The van der Waals surface area contributed by atoms with Crippen LogP contribution in [-0.2, 0) is 0 Å². The quantitative estimate of drug-likeness (QED) is 0.613. The predicted molar refractivity (Wildman–Crippen MR) is 62.6 cm³/mol. The Morgan fingerprint density at radius 1 is 1.29 bits per heavy atom. The maximum atomic E-state index is 3.54. The Balaban J connectivity index is 1.88. The molecular formula is C12H26N2. The second kappa shape index (κ2) is 7.24. The van der Waals surface area contributed by atoms with Gasteiger partial charge in [-0.2, -0.15) is 0 Å². The minimum atomic E-state index is 0.614. The van der Waals surface area contributed by atoms with Crippen molar-refractivity contribution in [2.75, 3.05) is 20.1 Å². The molecule has 1 fully saturated rings. The third-order valence-electron chi connectivity index (χ3n) is 3.27. The van der Waals surface area contributed by atoms with E-state index in [4.69, 9.17) is 0 Å². The van der Waals surface area contributed by atoms with Gasteiger partial charge in [0.1, 0.15) is 0 Å². The second-order valence-electron chi connectivity index (χ2n) is 4.71. The van der Waals surface area contributed by atoms with Gasteiger partial charge in [-0.25, -0.2) is 0 Å². The smallest absolute Gasteiger partial charge is 0.0164 e. The molecule has 1 rings (SSSR count). The van der Waals surface area contributed by atoms with Crippen LogP contribution in [0.25, 0.3) is 0 Å². The molecule has 0 aromatic heterocycles. The van der Waals surface area contributed by atoms with Crippen molar-refractivity contribution in [1.82, 2.24) is 10.6 Å². The monoisotopic (exact) mass is 198 g/mol. The topological polar surface area (TPSA) is 24.1 Å². The largest absolute Gasteiger partial charge is 0.318 e. The molecule has 0 amide bonds. The first-order valence-electron chi connectivity index (χ1n) is 6.21. The van der Waals surface area contributed by atoms with Crippen molar-refractivity contribution in [3.05, 3.63) is 0 Å². The lowest BCUT2D eigenvalue weighted by atomic mass is 10.0. The third kappa shape index (κ3) is 4.97. The van der Waals surface area contributed by atoms with E-state index in [9.17, 15) is 0 Å². The van der Waals surface area contributed by atoms with Crippen LogP contribution >= 0.6 is 0 Å². The lowest BCUT2D eigenvalue weighted by molar-refractivity contribution is 0.448. The summed E-state index contributed by atoms with van der Waals surface area (Å²) in [5, 5.41) is 6.73. The molecule has 2 nitrogen and oxygen atoms in total. The van der Waals surface area contributed by atoms with Crippen LogP contribution in [0.1, 0.15) is 45.4 Å². The first-order valence-corrected chi connectivity index (χ1v) is 6.21. The standard InChI is InChI=1S/C12H26N2/c1-11(10-13-2)14-9-5-8-12-6-3-4-7-12/h11-14H,3-10H2,1-2H3. The molecule has 0 heterocycles. The highest BCUT2D eigenvalue weighted by atomic mass is 15.0. The fraction of sp³-hybridized carbons (Fsp3) is 1.00. The van der Waals surface area contributed by atoms with Gasteiger partial charge in [0, 0.05) is 12.6 Å². The molecule has 1 atom stereocenters. The number of hydrogen-bond acceptors (Lipinski definition) is 2. The highest BCUT2D eigenvalue weighted by molar-refractivity contribution is 4.68. The number of rotatable bonds is 7. The van der Waals surface area contributed by atoms with Gasteiger partial charge in [0.05, 0.1) is 0 Å². The summed E-state index contributed by atoms with van der Waals surface area (Å²) in [6.07, 6.45) is 8.75. The Labute approximate surface area is 88.8 Å². The molecule has 1 saturated carbocycles. The Hall–Kier alpha value is -0.0800. The van der Waals surface area contributed by atoms with Crippen LogP contribution < -0.4 is 10.6 Å². The molecule has 0 spiro atoms. The fourth-order valence-electron chi connectivity index (χ4n) is 2.42. The van der Waals surface area contributed by atoms with Gasteiger partial charge in [-0.1, -0.05) is 25.7 Å². The van der Waals surface area contributed by atoms with Gasteiger partial charge in [0.25, 0.3) is 0 Å². The zero-order valence-electron chi connectivity index (χ0n) is 9.81. The Morgan fingerprint density at radius 3 is 2.64 bits per heavy atom. The second-order valence-corrected chi connectivity index (χ2v) is 4.71. The summed E-state index contributed by atoms with van der Waals surface area (Å²) in [5.74, 6) is 1.05. The molecule has 0 radical (unpaired) electrons. The normalized spacial score (nSPS) is 20.1. The van der Waals surface area contributed by atoms with Crippen LogP contribution in [0.3, 0.4) is 0 Å². The molecule has 1 aliphatic rings. The molecule has 14 heavy (non-hydrogen) atoms. The van der Waals surface area contributed by atoms with Crippen LogP contribution in [0, 0.1) is 5.92 Å². The van der Waals surface area contributed by atoms with Gasteiger partial charge in [-0.3, -0.25) is 0 Å². The summed E-state index contributed by atoms with van der Waals surface area (Å²) in [6.45, 7) is 4.51. The minimum absolute atomic E-state index is 0.614. The molecule has 2 N–H and O–H groups in total. The Kier molecular flexibility index (Phi) is 6.20. The molecule has 2 heteroatoms. The molecule has 0 saturated heterocycles. The maximum absolute atomic E-state index is 3.54. The van der Waals surface area contributed by atoms with Gasteiger partial charge in [-0.15, -0.1) is 0 Å². The summed E-state index contributed by atoms with van der Waals surface area (Å²) < 4.78 is 0. The summed E-state index contributed by atoms with van der Waals surface area (Å²) in [4.78, 5) is 0. The summed E-state index contributed by atoms with van der Waals surface area (Å²) in [7, 11) is 2.01. The van der Waals surface area contributed by atoms with E-state index in [0.29, 0.717) is 6.04 Å². The predicted octanol–water partition coefficient (Wildman–Crippen LogP) is 2.15. The molecule has 1 aliphatic carbocycles. The lowest BCUT2D eigenvalue weighted by Gasteiger charge is -2.14. The summed E-state index contributed by atoms with van der Waals surface area (Å²) >= 11 is 0. The van der Waals surface area contributed by atoms with Crippen molar-refractivity contribution < 1.29 is 0 Å². The number of hydrogen-bond donors (Lipinski definition) is 2. The van der Waals surface area contributed by atoms with Crippen LogP contribution in [0.4, 0.5) is 0 Å². The minimum Gasteiger partial charge on any atom is -0.318 e. The van der Waals surface area contributed by atoms with Crippen molar-refractivity contribution in [3.8, 4) is 0 Å². The Morgan fingerprint density at radius 2 is 2.00 bits per heavy atom. The fourth-order valence-corrected chi connectivity index (χ4v) is 2.42. The highest BCUT2D eigenvalue weighted by Gasteiger charge is 2.13. The van der Waals surface area contributed by atoms with Crippen LogP contribution in [0.2, 0.25) is 0 Å². The average Bonchev–Trinajstić information content (AvgIpc) is 2.65. The van der Waals surface area contributed by atoms with Gasteiger partial charge in [0.15, 0.2) is 0 Å². The van der Waals surface area contributed by atoms with Crippen LogP contribution in [0.15, 0.2) is 0 Å². The van der Waals surface area contributed by atoms with Gasteiger partial charge in [-0.05, 0) is 39.3 Å². The molecule has 0 aliphatic heterocycles. The molecule has 0 bridgehead atoms. The van der Waals surface area contributed by atoms with E-state index in [-0.39, 0.29) is 0 Å². The summed E-state index contributed by atoms with van der Waals surface area (Å²) in [5.41, 5.74) is 0. The Bertz CT molecular complexity index is 130. The van der Waals surface area contributed by atoms with Gasteiger partial charge < -0.3 is 10.6 Å². The van der Waals surface area contributed by atoms with E-state index in [1.807, 2.05) is 7.05 Å². The lowest BCUT2D eigenvalue weighted by Crippen LogP contribution is -2.35. The van der Waals surface area contributed by atoms with Crippen LogP contribution in [0.5, 0.6) is 0 Å². The average molecular weight is 198 g/mol. The van der Waals surface area contributed by atoms with E-state index in [1.54, 1.807) is 0 Å². The van der Waals surface area contributed by atoms with E-state index in [1.165, 1.54) is 45.1 Å². The zero-order chi connectivity index (χ0) is 10.2. The van der Waals surface area contributed by atoms with Crippen molar-refractivity contribution >= 4 is 0 Å². The summed E-state index contributed by atoms with van der Waals surface area (Å²) in [6, 6.07) is 0.614. The first-order chi connectivity index (χ1) is 6.83. The molecule has 84 valence electrons. The highest BCUT2D eigenvalue weighted by Crippen LogP contribution is 2.28.